The van der Waals surface area contributed by atoms with Crippen LogP contribution in [0.3, 0.4) is 0 Å². The number of fused-ring (bicyclic) bond motifs is 1. The van der Waals surface area contributed by atoms with Crippen LogP contribution in [0, 0.1) is 6.92 Å². The summed E-state index contributed by atoms with van der Waals surface area (Å²) in [5.41, 5.74) is 10.3. The third-order valence-corrected chi connectivity index (χ3v) is 4.17. The molecule has 1 aromatic carbocycles. The number of nitrogens with two attached hydrogens (primary N) is 1. The maximum atomic E-state index is 6.20. The molecule has 1 aliphatic carbocycles. The van der Waals surface area contributed by atoms with Gasteiger partial charge in [0, 0.05) is 17.8 Å². The second-order valence-electron chi connectivity index (χ2n) is 5.51. The van der Waals surface area contributed by atoms with Crippen LogP contribution in [0.5, 0.6) is 11.6 Å². The molecule has 21 heavy (non-hydrogen) atoms. The van der Waals surface area contributed by atoms with E-state index in [4.69, 9.17) is 22.1 Å². The molecule has 0 radical (unpaired) electrons. The SMILES string of the molecule is Cc1ccc(Cl)c(Oc2nc3c(cc2CN)CCCC3)c1. The van der Waals surface area contributed by atoms with Gasteiger partial charge in [-0.2, -0.15) is 0 Å². The minimum absolute atomic E-state index is 0.416. The predicted octanol–water partition coefficient (Wildman–Crippen LogP) is 4.17. The first-order chi connectivity index (χ1) is 10.2. The number of halogens is 1. The van der Waals surface area contributed by atoms with Gasteiger partial charge in [-0.15, -0.1) is 0 Å². The molecule has 4 heteroatoms. The second kappa shape index (κ2) is 6.04. The first-order valence-electron chi connectivity index (χ1n) is 7.33. The molecule has 0 saturated heterocycles. The summed E-state index contributed by atoms with van der Waals surface area (Å²) in [6, 6.07) is 7.86. The average Bonchev–Trinajstić information content (AvgIpc) is 2.50. The summed E-state index contributed by atoms with van der Waals surface area (Å²) in [5, 5.41) is 0.586. The maximum Gasteiger partial charge on any atom is 0.224 e. The van der Waals surface area contributed by atoms with E-state index >= 15 is 0 Å². The monoisotopic (exact) mass is 302 g/mol. The van der Waals surface area contributed by atoms with Gasteiger partial charge in [0.15, 0.2) is 0 Å². The average molecular weight is 303 g/mol. The highest BCUT2D eigenvalue weighted by molar-refractivity contribution is 6.32. The van der Waals surface area contributed by atoms with Gasteiger partial charge < -0.3 is 10.5 Å². The molecule has 0 unspecified atom stereocenters. The van der Waals surface area contributed by atoms with Gasteiger partial charge >= 0.3 is 0 Å². The number of rotatable bonds is 3. The van der Waals surface area contributed by atoms with Crippen LogP contribution in [0.25, 0.3) is 0 Å². The molecular weight excluding hydrogens is 284 g/mol. The highest BCUT2D eigenvalue weighted by Crippen LogP contribution is 2.33. The van der Waals surface area contributed by atoms with E-state index in [1.54, 1.807) is 0 Å². The molecule has 1 aliphatic rings. The first kappa shape index (κ1) is 14.4. The van der Waals surface area contributed by atoms with E-state index in [1.165, 1.54) is 18.4 Å². The van der Waals surface area contributed by atoms with Crippen LogP contribution in [0.4, 0.5) is 0 Å². The smallest absolute Gasteiger partial charge is 0.224 e. The van der Waals surface area contributed by atoms with Crippen LogP contribution in [-0.2, 0) is 19.4 Å². The van der Waals surface area contributed by atoms with Gasteiger partial charge in [-0.25, -0.2) is 4.98 Å². The molecule has 2 aromatic rings. The van der Waals surface area contributed by atoms with Crippen LogP contribution in [0.2, 0.25) is 5.02 Å². The zero-order valence-corrected chi connectivity index (χ0v) is 12.9. The van der Waals surface area contributed by atoms with Crippen LogP contribution in [0.15, 0.2) is 24.3 Å². The van der Waals surface area contributed by atoms with E-state index in [9.17, 15) is 0 Å². The van der Waals surface area contributed by atoms with Crippen molar-refractivity contribution in [3.63, 3.8) is 0 Å². The van der Waals surface area contributed by atoms with Crippen molar-refractivity contribution in [3.05, 3.63) is 51.7 Å². The highest BCUT2D eigenvalue weighted by atomic mass is 35.5. The van der Waals surface area contributed by atoms with Crippen molar-refractivity contribution in [2.24, 2.45) is 5.73 Å². The van der Waals surface area contributed by atoms with Crippen molar-refractivity contribution in [3.8, 4) is 11.6 Å². The summed E-state index contributed by atoms with van der Waals surface area (Å²) >= 11 is 6.20. The van der Waals surface area contributed by atoms with E-state index in [0.717, 1.165) is 29.7 Å². The quantitative estimate of drug-likeness (QED) is 0.925. The van der Waals surface area contributed by atoms with Gasteiger partial charge in [-0.3, -0.25) is 0 Å². The van der Waals surface area contributed by atoms with Gasteiger partial charge in [-0.1, -0.05) is 17.7 Å². The Morgan fingerprint density at radius 1 is 1.24 bits per heavy atom. The lowest BCUT2D eigenvalue weighted by Gasteiger charge is -2.18. The summed E-state index contributed by atoms with van der Waals surface area (Å²) in [5.74, 6) is 1.22. The Balaban J connectivity index is 1.99. The molecule has 0 saturated carbocycles. The molecule has 1 heterocycles. The Morgan fingerprint density at radius 2 is 2.05 bits per heavy atom. The van der Waals surface area contributed by atoms with Crippen molar-refractivity contribution in [1.29, 1.82) is 0 Å². The lowest BCUT2D eigenvalue weighted by Crippen LogP contribution is -2.10. The van der Waals surface area contributed by atoms with Crippen molar-refractivity contribution >= 4 is 11.6 Å². The molecule has 0 atom stereocenters. The number of benzene rings is 1. The van der Waals surface area contributed by atoms with Gasteiger partial charge in [0.25, 0.3) is 0 Å². The topological polar surface area (TPSA) is 48.1 Å². The fourth-order valence-electron chi connectivity index (χ4n) is 2.69. The zero-order chi connectivity index (χ0) is 14.8. The van der Waals surface area contributed by atoms with Crippen molar-refractivity contribution < 1.29 is 4.74 Å². The van der Waals surface area contributed by atoms with Gasteiger partial charge in [0.1, 0.15) is 5.75 Å². The molecule has 0 amide bonds. The van der Waals surface area contributed by atoms with E-state index in [2.05, 4.69) is 11.1 Å². The normalized spacial score (nSPS) is 13.9. The first-order valence-corrected chi connectivity index (χ1v) is 7.71. The Hall–Kier alpha value is -1.58. The Morgan fingerprint density at radius 3 is 2.86 bits per heavy atom. The van der Waals surface area contributed by atoms with Crippen LogP contribution in [-0.4, -0.2) is 4.98 Å². The molecular formula is C17H19ClN2O. The van der Waals surface area contributed by atoms with Crippen molar-refractivity contribution in [1.82, 2.24) is 4.98 Å². The molecule has 3 nitrogen and oxygen atoms in total. The van der Waals surface area contributed by atoms with Crippen molar-refractivity contribution in [2.75, 3.05) is 0 Å². The van der Waals surface area contributed by atoms with Gasteiger partial charge in [-0.05, 0) is 61.9 Å². The third-order valence-electron chi connectivity index (χ3n) is 3.85. The van der Waals surface area contributed by atoms with Crippen LogP contribution >= 0.6 is 11.6 Å². The second-order valence-corrected chi connectivity index (χ2v) is 5.91. The Kier molecular flexibility index (Phi) is 4.13. The highest BCUT2D eigenvalue weighted by Gasteiger charge is 2.16. The lowest BCUT2D eigenvalue weighted by molar-refractivity contribution is 0.451. The van der Waals surface area contributed by atoms with Gasteiger partial charge in [0.05, 0.1) is 5.02 Å². The predicted molar refractivity (Wildman–Crippen MR) is 85.0 cm³/mol. The molecule has 0 aliphatic heterocycles. The fourth-order valence-corrected chi connectivity index (χ4v) is 2.85. The van der Waals surface area contributed by atoms with E-state index in [1.807, 2.05) is 25.1 Å². The molecule has 1 aromatic heterocycles. The standard InChI is InChI=1S/C17H19ClN2O/c1-11-6-7-14(18)16(8-11)21-17-13(10-19)9-12-4-2-3-5-15(12)20-17/h6-9H,2-5,10,19H2,1H3. The Labute approximate surface area is 130 Å². The summed E-state index contributed by atoms with van der Waals surface area (Å²) in [6.07, 6.45) is 4.51. The van der Waals surface area contributed by atoms with E-state index in [0.29, 0.717) is 23.2 Å². The van der Waals surface area contributed by atoms with E-state index < -0.39 is 0 Å². The number of hydrogen-bond acceptors (Lipinski definition) is 3. The minimum atomic E-state index is 0.416. The number of ether oxygens (including phenoxy) is 1. The molecule has 110 valence electrons. The molecule has 0 spiro atoms. The van der Waals surface area contributed by atoms with Gasteiger partial charge in [0.2, 0.25) is 5.88 Å². The summed E-state index contributed by atoms with van der Waals surface area (Å²) in [6.45, 7) is 2.42. The van der Waals surface area contributed by atoms with Crippen molar-refractivity contribution in [2.45, 2.75) is 39.2 Å². The third kappa shape index (κ3) is 3.04. The Bertz CT molecular complexity index is 670. The van der Waals surface area contributed by atoms with E-state index in [-0.39, 0.29) is 0 Å². The summed E-state index contributed by atoms with van der Waals surface area (Å²) in [7, 11) is 0. The van der Waals surface area contributed by atoms with Crippen LogP contribution in [0.1, 0.15) is 35.2 Å². The number of hydrogen-bond donors (Lipinski definition) is 1. The molecule has 3 rings (SSSR count). The van der Waals surface area contributed by atoms with Crippen LogP contribution < -0.4 is 10.5 Å². The largest absolute Gasteiger partial charge is 0.437 e. The number of aryl methyl sites for hydroxylation is 3. The summed E-state index contributed by atoms with van der Waals surface area (Å²) in [4.78, 5) is 4.69. The zero-order valence-electron chi connectivity index (χ0n) is 12.2. The number of nitrogens with zero attached hydrogens (tertiary/aromatic N) is 1. The molecule has 0 fully saturated rings. The molecule has 2 N–H and O–H groups in total. The lowest BCUT2D eigenvalue weighted by atomic mass is 9.95. The molecule has 0 bridgehead atoms. The minimum Gasteiger partial charge on any atom is -0.437 e. The number of aromatic nitrogens is 1. The maximum absolute atomic E-state index is 6.20. The number of pyridine rings is 1. The summed E-state index contributed by atoms with van der Waals surface area (Å²) < 4.78 is 5.96. The fraction of sp³-hybridized carbons (Fsp3) is 0.353.